The molecule has 6 rings (SSSR count). The van der Waals surface area contributed by atoms with Crippen LogP contribution in [-0.2, 0) is 0 Å². The number of benzene rings is 4. The van der Waals surface area contributed by atoms with Crippen molar-refractivity contribution in [3.05, 3.63) is 151 Å². The van der Waals surface area contributed by atoms with Gasteiger partial charge in [0.05, 0.1) is 45.8 Å². The molecule has 0 N–H and O–H groups in total. The summed E-state index contributed by atoms with van der Waals surface area (Å²) < 4.78 is 0. The highest BCUT2D eigenvalue weighted by atomic mass is 14.8. The van der Waals surface area contributed by atoms with E-state index in [0.717, 1.165) is 56.2 Å². The van der Waals surface area contributed by atoms with Crippen LogP contribution in [0.25, 0.3) is 68.3 Å². The fourth-order valence-corrected chi connectivity index (χ4v) is 4.93. The Balaban J connectivity index is 0.00000188. The molecule has 0 fully saturated rings. The van der Waals surface area contributed by atoms with E-state index >= 15 is 0 Å². The predicted molar refractivity (Wildman–Crippen MR) is 183 cm³/mol. The first kappa shape index (κ1) is 29.6. The molecule has 2 heterocycles. The highest BCUT2D eigenvalue weighted by Crippen LogP contribution is 2.36. The molecule has 0 amide bonds. The summed E-state index contributed by atoms with van der Waals surface area (Å²) in [4.78, 5) is 15.1. The van der Waals surface area contributed by atoms with Gasteiger partial charge < -0.3 is 0 Å². The van der Waals surface area contributed by atoms with Gasteiger partial charge in [0.2, 0.25) is 0 Å². The molecule has 0 aliphatic heterocycles. The van der Waals surface area contributed by atoms with E-state index < -0.39 is 0 Å². The van der Waals surface area contributed by atoms with E-state index in [1.807, 2.05) is 92.7 Å². The SMILES string of the molecule is C=Cc1nc(-c2ccc(-c3cccc(C#N)c3)cc2)c(-c2cc(-c3ccccc3)nc(-c3ccccc3)c2)nc1C=C.CC. The number of hydrogen-bond donors (Lipinski definition) is 0. The van der Waals surface area contributed by atoms with Gasteiger partial charge in [-0.05, 0) is 47.5 Å². The molecule has 0 saturated carbocycles. The van der Waals surface area contributed by atoms with Gasteiger partial charge in [-0.25, -0.2) is 15.0 Å². The molecule has 0 aliphatic rings. The summed E-state index contributed by atoms with van der Waals surface area (Å²) in [5, 5.41) is 9.33. The number of nitrogens with zero attached hydrogens (tertiary/aromatic N) is 4. The highest BCUT2D eigenvalue weighted by Gasteiger charge is 2.18. The van der Waals surface area contributed by atoms with Gasteiger partial charge in [0, 0.05) is 22.3 Å². The molecule has 0 unspecified atom stereocenters. The van der Waals surface area contributed by atoms with E-state index in [0.29, 0.717) is 17.0 Å². The van der Waals surface area contributed by atoms with Crippen molar-refractivity contribution in [3.63, 3.8) is 0 Å². The standard InChI is InChI=1S/C38H26N4.C2H6/c1-3-33-34(4-2)42-38(37(41-33)30-20-18-27(19-21-30)31-17-11-12-26(22-31)25-39)32-23-35(28-13-7-5-8-14-28)40-36(24-32)29-15-9-6-10-16-29;1-2/h3-24H,1-2H2;1-2H3. The van der Waals surface area contributed by atoms with E-state index in [1.165, 1.54) is 0 Å². The molecule has 2 aromatic heterocycles. The van der Waals surface area contributed by atoms with Gasteiger partial charge in [0.25, 0.3) is 0 Å². The number of hydrogen-bond acceptors (Lipinski definition) is 4. The number of pyridine rings is 1. The van der Waals surface area contributed by atoms with Gasteiger partial charge in [-0.15, -0.1) is 0 Å². The van der Waals surface area contributed by atoms with E-state index in [9.17, 15) is 5.26 Å². The molecule has 0 spiro atoms. The zero-order valence-electron chi connectivity index (χ0n) is 24.9. The lowest BCUT2D eigenvalue weighted by molar-refractivity contribution is 1.17. The minimum Gasteiger partial charge on any atom is -0.248 e. The maximum absolute atomic E-state index is 9.33. The molecular weight excluding hydrogens is 536 g/mol. The monoisotopic (exact) mass is 568 g/mol. The van der Waals surface area contributed by atoms with Gasteiger partial charge in [-0.2, -0.15) is 5.26 Å². The molecule has 0 radical (unpaired) electrons. The second kappa shape index (κ2) is 13.8. The second-order valence-corrected chi connectivity index (χ2v) is 9.73. The third-order valence-electron chi connectivity index (χ3n) is 7.06. The third kappa shape index (κ3) is 6.28. The molecule has 4 nitrogen and oxygen atoms in total. The minimum absolute atomic E-state index is 0.626. The van der Waals surface area contributed by atoms with E-state index in [2.05, 4.69) is 55.6 Å². The normalized spacial score (nSPS) is 10.2. The Labute approximate surface area is 259 Å². The lowest BCUT2D eigenvalue weighted by Gasteiger charge is -2.15. The van der Waals surface area contributed by atoms with E-state index in [-0.39, 0.29) is 0 Å². The molecule has 0 saturated heterocycles. The average molecular weight is 569 g/mol. The molecule has 44 heavy (non-hydrogen) atoms. The van der Waals surface area contributed by atoms with Crippen LogP contribution in [0, 0.1) is 11.3 Å². The van der Waals surface area contributed by atoms with E-state index in [1.54, 1.807) is 18.2 Å². The Morgan fingerprint density at radius 3 is 1.48 bits per heavy atom. The summed E-state index contributed by atoms with van der Waals surface area (Å²) in [6.45, 7) is 11.9. The van der Waals surface area contributed by atoms with Gasteiger partial charge >= 0.3 is 0 Å². The fourth-order valence-electron chi connectivity index (χ4n) is 4.93. The number of aromatic nitrogens is 3. The highest BCUT2D eigenvalue weighted by molar-refractivity contribution is 5.85. The molecule has 6 aromatic rings. The van der Waals surface area contributed by atoms with Crippen molar-refractivity contribution in [2.45, 2.75) is 13.8 Å². The molecular formula is C40H32N4. The lowest BCUT2D eigenvalue weighted by atomic mass is 9.97. The van der Waals surface area contributed by atoms with Crippen molar-refractivity contribution in [1.29, 1.82) is 5.26 Å². The van der Waals surface area contributed by atoms with Crippen LogP contribution in [0.3, 0.4) is 0 Å². The lowest BCUT2D eigenvalue weighted by Crippen LogP contribution is -2.01. The van der Waals surface area contributed by atoms with Crippen molar-refractivity contribution in [1.82, 2.24) is 15.0 Å². The maximum atomic E-state index is 9.33. The van der Waals surface area contributed by atoms with Crippen LogP contribution in [0.15, 0.2) is 134 Å². The summed E-state index contributed by atoms with van der Waals surface area (Å²) in [5.41, 5.74) is 10.9. The van der Waals surface area contributed by atoms with Crippen LogP contribution in [-0.4, -0.2) is 15.0 Å². The summed E-state index contributed by atoms with van der Waals surface area (Å²) in [7, 11) is 0. The molecule has 0 atom stereocenters. The molecule has 4 heteroatoms. The van der Waals surface area contributed by atoms with Crippen molar-refractivity contribution in [2.24, 2.45) is 0 Å². The quantitative estimate of drug-likeness (QED) is 0.192. The zero-order chi connectivity index (χ0) is 30.9. The Bertz CT molecular complexity index is 1890. The summed E-state index contributed by atoms with van der Waals surface area (Å²) in [6.07, 6.45) is 3.41. The smallest absolute Gasteiger partial charge is 0.0991 e. The van der Waals surface area contributed by atoms with Crippen LogP contribution >= 0.6 is 0 Å². The average Bonchev–Trinajstić information content (AvgIpc) is 3.12. The van der Waals surface area contributed by atoms with Crippen LogP contribution in [0.1, 0.15) is 30.8 Å². The Morgan fingerprint density at radius 1 is 0.500 bits per heavy atom. The number of nitriles is 1. The van der Waals surface area contributed by atoms with Crippen molar-refractivity contribution in [2.75, 3.05) is 0 Å². The number of rotatable bonds is 7. The minimum atomic E-state index is 0.626. The van der Waals surface area contributed by atoms with Crippen LogP contribution in [0.5, 0.6) is 0 Å². The second-order valence-electron chi connectivity index (χ2n) is 9.73. The van der Waals surface area contributed by atoms with Crippen molar-refractivity contribution in [3.8, 4) is 62.2 Å². The Morgan fingerprint density at radius 2 is 0.977 bits per heavy atom. The summed E-state index contributed by atoms with van der Waals surface area (Å²) >= 11 is 0. The van der Waals surface area contributed by atoms with Gasteiger partial charge in [-0.1, -0.05) is 124 Å². The predicted octanol–water partition coefficient (Wildman–Crippen LogP) is 10.4. The molecule has 0 bridgehead atoms. The van der Waals surface area contributed by atoms with E-state index in [4.69, 9.17) is 15.0 Å². The first-order chi connectivity index (χ1) is 21.7. The van der Waals surface area contributed by atoms with Crippen LogP contribution < -0.4 is 0 Å². The molecule has 212 valence electrons. The summed E-state index contributed by atoms with van der Waals surface area (Å²) in [6, 6.07) is 42.4. The van der Waals surface area contributed by atoms with Gasteiger partial charge in [0.1, 0.15) is 0 Å². The van der Waals surface area contributed by atoms with Gasteiger partial charge in [-0.3, -0.25) is 0 Å². The van der Waals surface area contributed by atoms with Crippen molar-refractivity contribution < 1.29 is 0 Å². The Hall–Kier alpha value is -5.92. The zero-order valence-corrected chi connectivity index (χ0v) is 24.9. The largest absolute Gasteiger partial charge is 0.248 e. The first-order valence-electron chi connectivity index (χ1n) is 14.6. The summed E-state index contributed by atoms with van der Waals surface area (Å²) in [5.74, 6) is 0. The maximum Gasteiger partial charge on any atom is 0.0991 e. The molecule has 0 aliphatic carbocycles. The third-order valence-corrected chi connectivity index (χ3v) is 7.06. The van der Waals surface area contributed by atoms with Gasteiger partial charge in [0.15, 0.2) is 0 Å². The first-order valence-corrected chi connectivity index (χ1v) is 14.6. The van der Waals surface area contributed by atoms with Crippen molar-refractivity contribution >= 4 is 12.2 Å². The fraction of sp³-hybridized carbons (Fsp3) is 0.0500. The van der Waals surface area contributed by atoms with Crippen LogP contribution in [0.4, 0.5) is 0 Å². The topological polar surface area (TPSA) is 62.5 Å². The molecule has 4 aromatic carbocycles. The van der Waals surface area contributed by atoms with Crippen LogP contribution in [0.2, 0.25) is 0 Å². The Kier molecular flexibility index (Phi) is 9.29.